The molecule has 0 saturated carbocycles. The number of ether oxygens (including phenoxy) is 1. The van der Waals surface area contributed by atoms with Crippen LogP contribution in [0.25, 0.3) is 0 Å². The standard InChI is InChI=1S/C22H29N3O2/c1-17-7-6-9-21(18(17)2)27-19(3)22(26)25-15-13-24(14-16-25)12-10-20-8-4-5-11-23-20/h4-9,11,19H,10,12-16H2,1-3H3/t19-/m1/s1. The van der Waals surface area contributed by atoms with Gasteiger partial charge in [0.05, 0.1) is 0 Å². The second-order valence-electron chi connectivity index (χ2n) is 7.20. The van der Waals surface area contributed by atoms with Crippen molar-refractivity contribution in [3.63, 3.8) is 0 Å². The van der Waals surface area contributed by atoms with Crippen molar-refractivity contribution in [1.29, 1.82) is 0 Å². The number of piperazine rings is 1. The maximum absolute atomic E-state index is 12.8. The molecule has 144 valence electrons. The Morgan fingerprint density at radius 3 is 2.59 bits per heavy atom. The molecule has 0 N–H and O–H groups in total. The van der Waals surface area contributed by atoms with Gasteiger partial charge in [-0.1, -0.05) is 18.2 Å². The summed E-state index contributed by atoms with van der Waals surface area (Å²) in [6, 6.07) is 12.0. The molecular formula is C22H29N3O2. The Kier molecular flexibility index (Phi) is 6.45. The third-order valence-corrected chi connectivity index (χ3v) is 5.30. The Hall–Kier alpha value is -2.40. The van der Waals surface area contributed by atoms with Gasteiger partial charge in [-0.15, -0.1) is 0 Å². The third kappa shape index (κ3) is 5.07. The zero-order valence-corrected chi connectivity index (χ0v) is 16.5. The molecular weight excluding hydrogens is 338 g/mol. The van der Waals surface area contributed by atoms with Crippen molar-refractivity contribution in [2.24, 2.45) is 0 Å². The van der Waals surface area contributed by atoms with Gasteiger partial charge in [0, 0.05) is 51.0 Å². The van der Waals surface area contributed by atoms with Crippen molar-refractivity contribution in [2.45, 2.75) is 33.3 Å². The average molecular weight is 367 g/mol. The number of carbonyl (C=O) groups excluding carboxylic acids is 1. The number of nitrogens with zero attached hydrogens (tertiary/aromatic N) is 3. The number of rotatable bonds is 6. The van der Waals surface area contributed by atoms with Crippen LogP contribution in [0.1, 0.15) is 23.7 Å². The van der Waals surface area contributed by atoms with Gasteiger partial charge in [0.25, 0.3) is 5.91 Å². The molecule has 0 radical (unpaired) electrons. The fourth-order valence-electron chi connectivity index (χ4n) is 3.36. The fraction of sp³-hybridized carbons (Fsp3) is 0.455. The molecule has 1 aromatic heterocycles. The first kappa shape index (κ1) is 19.4. The zero-order valence-electron chi connectivity index (χ0n) is 16.5. The van der Waals surface area contributed by atoms with Crippen LogP contribution in [0.4, 0.5) is 0 Å². The number of amides is 1. The van der Waals surface area contributed by atoms with Gasteiger partial charge in [-0.25, -0.2) is 0 Å². The minimum absolute atomic E-state index is 0.0697. The van der Waals surface area contributed by atoms with Gasteiger partial charge in [0.1, 0.15) is 5.75 Å². The summed E-state index contributed by atoms with van der Waals surface area (Å²) in [6.07, 6.45) is 2.31. The smallest absolute Gasteiger partial charge is 0.263 e. The van der Waals surface area contributed by atoms with Gasteiger partial charge in [-0.05, 0) is 50.1 Å². The lowest BCUT2D eigenvalue weighted by molar-refractivity contribution is -0.139. The van der Waals surface area contributed by atoms with E-state index in [2.05, 4.69) is 28.9 Å². The quantitative estimate of drug-likeness (QED) is 0.788. The fourth-order valence-corrected chi connectivity index (χ4v) is 3.36. The second kappa shape index (κ2) is 9.00. The van der Waals surface area contributed by atoms with Crippen LogP contribution in [-0.4, -0.2) is 59.5 Å². The van der Waals surface area contributed by atoms with Crippen LogP contribution in [0.5, 0.6) is 5.75 Å². The van der Waals surface area contributed by atoms with E-state index in [1.807, 2.05) is 49.2 Å². The van der Waals surface area contributed by atoms with E-state index in [0.717, 1.165) is 56.2 Å². The molecule has 2 aromatic rings. The first-order chi connectivity index (χ1) is 13.0. The normalized spacial score (nSPS) is 16.2. The van der Waals surface area contributed by atoms with Crippen LogP contribution >= 0.6 is 0 Å². The Balaban J connectivity index is 1.47. The van der Waals surface area contributed by atoms with E-state index in [4.69, 9.17) is 4.74 Å². The van der Waals surface area contributed by atoms with Crippen molar-refractivity contribution < 1.29 is 9.53 Å². The molecule has 1 aliphatic rings. The molecule has 1 atom stereocenters. The van der Waals surface area contributed by atoms with Crippen LogP contribution < -0.4 is 4.74 Å². The van der Waals surface area contributed by atoms with E-state index in [1.165, 1.54) is 5.56 Å². The summed E-state index contributed by atoms with van der Waals surface area (Å²) in [7, 11) is 0. The van der Waals surface area contributed by atoms with Crippen molar-refractivity contribution in [3.8, 4) is 5.75 Å². The maximum Gasteiger partial charge on any atom is 0.263 e. The summed E-state index contributed by atoms with van der Waals surface area (Å²) in [4.78, 5) is 21.5. The molecule has 3 rings (SSSR count). The SMILES string of the molecule is Cc1cccc(O[C@H](C)C(=O)N2CCN(CCc3ccccn3)CC2)c1C. The molecule has 27 heavy (non-hydrogen) atoms. The number of carbonyl (C=O) groups is 1. The minimum atomic E-state index is -0.467. The molecule has 0 unspecified atom stereocenters. The van der Waals surface area contributed by atoms with E-state index in [-0.39, 0.29) is 5.91 Å². The summed E-state index contributed by atoms with van der Waals surface area (Å²) >= 11 is 0. The molecule has 1 fully saturated rings. The number of aromatic nitrogens is 1. The number of aryl methyl sites for hydroxylation is 1. The predicted octanol–water partition coefficient (Wildman–Crippen LogP) is 2.85. The van der Waals surface area contributed by atoms with Gasteiger partial charge < -0.3 is 9.64 Å². The van der Waals surface area contributed by atoms with E-state index >= 15 is 0 Å². The summed E-state index contributed by atoms with van der Waals surface area (Å²) < 4.78 is 5.96. The summed E-state index contributed by atoms with van der Waals surface area (Å²) in [5.74, 6) is 0.866. The predicted molar refractivity (Wildman–Crippen MR) is 107 cm³/mol. The highest BCUT2D eigenvalue weighted by molar-refractivity contribution is 5.81. The number of hydrogen-bond donors (Lipinski definition) is 0. The van der Waals surface area contributed by atoms with Gasteiger partial charge in [0.2, 0.25) is 0 Å². The average Bonchev–Trinajstić information content (AvgIpc) is 2.70. The molecule has 2 heterocycles. The topological polar surface area (TPSA) is 45.7 Å². The van der Waals surface area contributed by atoms with Crippen molar-refractivity contribution >= 4 is 5.91 Å². The van der Waals surface area contributed by atoms with Crippen molar-refractivity contribution in [2.75, 3.05) is 32.7 Å². The van der Waals surface area contributed by atoms with Gasteiger partial charge in [-0.2, -0.15) is 0 Å². The summed E-state index contributed by atoms with van der Waals surface area (Å²) in [5.41, 5.74) is 3.39. The molecule has 1 aromatic carbocycles. The summed E-state index contributed by atoms with van der Waals surface area (Å²) in [5, 5.41) is 0. The van der Waals surface area contributed by atoms with Gasteiger partial charge >= 0.3 is 0 Å². The second-order valence-corrected chi connectivity index (χ2v) is 7.20. The molecule has 5 nitrogen and oxygen atoms in total. The highest BCUT2D eigenvalue weighted by atomic mass is 16.5. The molecule has 0 bridgehead atoms. The highest BCUT2D eigenvalue weighted by Gasteiger charge is 2.26. The largest absolute Gasteiger partial charge is 0.481 e. The molecule has 5 heteroatoms. The lowest BCUT2D eigenvalue weighted by Crippen LogP contribution is -2.52. The third-order valence-electron chi connectivity index (χ3n) is 5.30. The first-order valence-corrected chi connectivity index (χ1v) is 9.68. The number of benzene rings is 1. The van der Waals surface area contributed by atoms with Gasteiger partial charge in [-0.3, -0.25) is 14.7 Å². The molecule has 0 spiro atoms. The van der Waals surface area contributed by atoms with Crippen molar-refractivity contribution in [3.05, 3.63) is 59.4 Å². The lowest BCUT2D eigenvalue weighted by atomic mass is 10.1. The maximum atomic E-state index is 12.8. The van der Waals surface area contributed by atoms with E-state index in [9.17, 15) is 4.79 Å². The monoisotopic (exact) mass is 367 g/mol. The Bertz CT molecular complexity index is 755. The lowest BCUT2D eigenvalue weighted by Gasteiger charge is -2.35. The minimum Gasteiger partial charge on any atom is -0.481 e. The summed E-state index contributed by atoms with van der Waals surface area (Å²) in [6.45, 7) is 10.2. The van der Waals surface area contributed by atoms with Crippen LogP contribution in [0.3, 0.4) is 0 Å². The number of hydrogen-bond acceptors (Lipinski definition) is 4. The Labute approximate surface area is 162 Å². The van der Waals surface area contributed by atoms with Crippen LogP contribution in [0.2, 0.25) is 0 Å². The van der Waals surface area contributed by atoms with Crippen LogP contribution in [0.15, 0.2) is 42.6 Å². The van der Waals surface area contributed by atoms with E-state index in [1.54, 1.807) is 0 Å². The molecule has 1 amide bonds. The highest BCUT2D eigenvalue weighted by Crippen LogP contribution is 2.22. The Morgan fingerprint density at radius 1 is 1.11 bits per heavy atom. The number of pyridine rings is 1. The molecule has 1 saturated heterocycles. The molecule has 1 aliphatic heterocycles. The van der Waals surface area contributed by atoms with Crippen LogP contribution in [-0.2, 0) is 11.2 Å². The molecule has 0 aliphatic carbocycles. The van der Waals surface area contributed by atoms with E-state index in [0.29, 0.717) is 0 Å². The zero-order chi connectivity index (χ0) is 19.2. The van der Waals surface area contributed by atoms with E-state index < -0.39 is 6.10 Å². The first-order valence-electron chi connectivity index (χ1n) is 9.68. The Morgan fingerprint density at radius 2 is 1.89 bits per heavy atom. The van der Waals surface area contributed by atoms with Crippen LogP contribution in [0, 0.1) is 13.8 Å². The van der Waals surface area contributed by atoms with Gasteiger partial charge in [0.15, 0.2) is 6.10 Å². The van der Waals surface area contributed by atoms with Crippen molar-refractivity contribution in [1.82, 2.24) is 14.8 Å².